The van der Waals surface area contributed by atoms with Gasteiger partial charge in [0.15, 0.2) is 5.17 Å². The van der Waals surface area contributed by atoms with Crippen LogP contribution in [-0.2, 0) is 16.0 Å². The maximum Gasteiger partial charge on any atom is 0.259 e. The van der Waals surface area contributed by atoms with E-state index >= 15 is 0 Å². The van der Waals surface area contributed by atoms with E-state index in [1.54, 1.807) is 4.90 Å². The number of nitrogens with one attached hydrogen (secondary N) is 1. The van der Waals surface area contributed by atoms with Crippen molar-refractivity contribution in [2.45, 2.75) is 32.4 Å². The van der Waals surface area contributed by atoms with E-state index in [1.807, 2.05) is 68.4 Å². The minimum absolute atomic E-state index is 0.0675. The first-order valence-electron chi connectivity index (χ1n) is 9.59. The third-order valence-corrected chi connectivity index (χ3v) is 5.54. The van der Waals surface area contributed by atoms with Gasteiger partial charge in [-0.25, -0.2) is 9.89 Å². The molecule has 1 N–H and O–H groups in total. The van der Waals surface area contributed by atoms with Crippen molar-refractivity contribution in [1.29, 1.82) is 0 Å². The first-order chi connectivity index (χ1) is 14.0. The molecule has 6 nitrogen and oxygen atoms in total. The van der Waals surface area contributed by atoms with Crippen LogP contribution in [0.3, 0.4) is 0 Å². The first-order valence-corrected chi connectivity index (χ1v) is 10.6. The molecule has 7 heteroatoms. The Labute approximate surface area is 174 Å². The van der Waals surface area contributed by atoms with Gasteiger partial charge in [0.1, 0.15) is 11.9 Å². The number of hydrogen-bond acceptors (Lipinski definition) is 5. The third kappa shape index (κ3) is 4.10. The molecule has 2 heterocycles. The lowest BCUT2D eigenvalue weighted by Gasteiger charge is -2.25. The summed E-state index contributed by atoms with van der Waals surface area (Å²) in [5, 5.41) is 3.37. The Balaban J connectivity index is 1.61. The molecule has 0 fully saturated rings. The number of fused-ring (bicyclic) bond motifs is 3. The van der Waals surface area contributed by atoms with Crippen LogP contribution in [0.15, 0.2) is 64.6 Å². The zero-order valence-electron chi connectivity index (χ0n) is 16.3. The third-order valence-electron chi connectivity index (χ3n) is 4.60. The van der Waals surface area contributed by atoms with Gasteiger partial charge in [0.25, 0.3) is 5.91 Å². The van der Waals surface area contributed by atoms with Gasteiger partial charge in [-0.15, -0.1) is 0 Å². The Kier molecular flexibility index (Phi) is 5.49. The molecule has 0 saturated carbocycles. The highest BCUT2D eigenvalue weighted by molar-refractivity contribution is 8.14. The zero-order chi connectivity index (χ0) is 20.4. The van der Waals surface area contributed by atoms with E-state index in [2.05, 4.69) is 10.3 Å². The number of carbonyl (C=O) groups excluding carboxylic acids is 2. The van der Waals surface area contributed by atoms with Crippen LogP contribution in [0.5, 0.6) is 0 Å². The fourth-order valence-electron chi connectivity index (χ4n) is 3.36. The van der Waals surface area contributed by atoms with Gasteiger partial charge in [0.05, 0.1) is 11.4 Å². The number of rotatable bonds is 5. The van der Waals surface area contributed by atoms with Gasteiger partial charge in [-0.1, -0.05) is 54.2 Å². The van der Waals surface area contributed by atoms with E-state index in [-0.39, 0.29) is 23.6 Å². The SMILES string of the molecule is CC(C)NC(=O)CSC1=Nc2ccccc2C2=N[C@@H](Cc3ccccc3)C(=O)N12. The molecule has 2 aliphatic rings. The summed E-state index contributed by atoms with van der Waals surface area (Å²) in [6.07, 6.45) is 0.535. The molecule has 0 saturated heterocycles. The Morgan fingerprint density at radius 2 is 1.86 bits per heavy atom. The van der Waals surface area contributed by atoms with Crippen LogP contribution >= 0.6 is 11.8 Å². The average Bonchev–Trinajstić information content (AvgIpc) is 3.03. The quantitative estimate of drug-likeness (QED) is 0.829. The van der Waals surface area contributed by atoms with Gasteiger partial charge in [0, 0.05) is 18.0 Å². The summed E-state index contributed by atoms with van der Waals surface area (Å²) in [5.74, 6) is 0.624. The minimum atomic E-state index is -0.492. The van der Waals surface area contributed by atoms with E-state index in [1.165, 1.54) is 11.8 Å². The van der Waals surface area contributed by atoms with Gasteiger partial charge >= 0.3 is 0 Å². The lowest BCUT2D eigenvalue weighted by molar-refractivity contribution is -0.124. The zero-order valence-corrected chi connectivity index (χ0v) is 17.1. The molecule has 29 heavy (non-hydrogen) atoms. The second-order valence-corrected chi connectivity index (χ2v) is 8.20. The van der Waals surface area contributed by atoms with Crippen molar-refractivity contribution in [2.75, 3.05) is 5.75 Å². The number of nitrogens with zero attached hydrogens (tertiary/aromatic N) is 3. The molecular formula is C22H22N4O2S. The van der Waals surface area contributed by atoms with E-state index < -0.39 is 6.04 Å². The van der Waals surface area contributed by atoms with Gasteiger partial charge in [-0.3, -0.25) is 14.6 Å². The Morgan fingerprint density at radius 1 is 1.14 bits per heavy atom. The lowest BCUT2D eigenvalue weighted by Crippen LogP contribution is -2.42. The van der Waals surface area contributed by atoms with Gasteiger partial charge in [0.2, 0.25) is 5.91 Å². The number of amidine groups is 2. The van der Waals surface area contributed by atoms with Crippen molar-refractivity contribution in [3.8, 4) is 0 Å². The molecule has 2 aromatic rings. The fourth-order valence-corrected chi connectivity index (χ4v) is 4.17. The van der Waals surface area contributed by atoms with Gasteiger partial charge in [-0.05, 0) is 31.5 Å². The molecule has 0 aliphatic carbocycles. The van der Waals surface area contributed by atoms with E-state index in [0.29, 0.717) is 17.4 Å². The molecular weight excluding hydrogens is 384 g/mol. The summed E-state index contributed by atoms with van der Waals surface area (Å²) < 4.78 is 0. The highest BCUT2D eigenvalue weighted by atomic mass is 32.2. The van der Waals surface area contributed by atoms with Crippen LogP contribution in [0, 0.1) is 0 Å². The number of para-hydroxylation sites is 1. The molecule has 2 aromatic carbocycles. The summed E-state index contributed by atoms with van der Waals surface area (Å²) in [5.41, 5.74) is 2.67. The van der Waals surface area contributed by atoms with E-state index in [9.17, 15) is 9.59 Å². The summed E-state index contributed by atoms with van der Waals surface area (Å²) >= 11 is 1.26. The molecule has 1 atom stereocenters. The second-order valence-electron chi connectivity index (χ2n) is 7.25. The summed E-state index contributed by atoms with van der Waals surface area (Å²) in [7, 11) is 0. The Bertz CT molecular complexity index is 1000. The van der Waals surface area contributed by atoms with E-state index in [0.717, 1.165) is 16.8 Å². The van der Waals surface area contributed by atoms with Gasteiger partial charge in [-0.2, -0.15) is 0 Å². The highest BCUT2D eigenvalue weighted by Gasteiger charge is 2.41. The van der Waals surface area contributed by atoms with Crippen LogP contribution in [0.2, 0.25) is 0 Å². The van der Waals surface area contributed by atoms with Crippen LogP contribution in [0.1, 0.15) is 25.0 Å². The fraction of sp³-hybridized carbons (Fsp3) is 0.273. The van der Waals surface area contributed by atoms with Crippen molar-refractivity contribution in [3.05, 3.63) is 65.7 Å². The number of hydrogen-bond donors (Lipinski definition) is 1. The summed E-state index contributed by atoms with van der Waals surface area (Å²) in [4.78, 5) is 36.3. The second kappa shape index (κ2) is 8.21. The molecule has 0 unspecified atom stereocenters. The van der Waals surface area contributed by atoms with Crippen molar-refractivity contribution >= 4 is 40.3 Å². The standard InChI is InChI=1S/C22H22N4O2S/c1-14(2)23-19(27)13-29-22-25-17-11-7-6-10-16(17)20-24-18(21(28)26(20)22)12-15-8-4-3-5-9-15/h3-11,14,18H,12-13H2,1-2H3,(H,23,27)/t18-/m0/s1. The molecule has 0 radical (unpaired) electrons. The average molecular weight is 407 g/mol. The monoisotopic (exact) mass is 406 g/mol. The van der Waals surface area contributed by atoms with Gasteiger partial charge < -0.3 is 5.32 Å². The van der Waals surface area contributed by atoms with Crippen molar-refractivity contribution < 1.29 is 9.59 Å². The topological polar surface area (TPSA) is 74.1 Å². The molecule has 2 aliphatic heterocycles. The summed E-state index contributed by atoms with van der Waals surface area (Å²) in [6, 6.07) is 17.1. The largest absolute Gasteiger partial charge is 0.353 e. The minimum Gasteiger partial charge on any atom is -0.353 e. The number of aliphatic imine (C=N–C) groups is 2. The predicted octanol–water partition coefficient (Wildman–Crippen LogP) is 3.15. The van der Waals surface area contributed by atoms with Crippen molar-refractivity contribution in [2.24, 2.45) is 9.98 Å². The van der Waals surface area contributed by atoms with Crippen LogP contribution in [-0.4, -0.2) is 45.6 Å². The molecule has 148 valence electrons. The molecule has 0 spiro atoms. The molecule has 0 bridgehead atoms. The molecule has 2 amide bonds. The normalized spacial score (nSPS) is 17.6. The number of benzene rings is 2. The number of thioether (sulfide) groups is 1. The van der Waals surface area contributed by atoms with Crippen molar-refractivity contribution in [1.82, 2.24) is 10.2 Å². The Hall–Kier alpha value is -2.93. The smallest absolute Gasteiger partial charge is 0.259 e. The van der Waals surface area contributed by atoms with Crippen LogP contribution in [0.4, 0.5) is 5.69 Å². The predicted molar refractivity (Wildman–Crippen MR) is 117 cm³/mol. The maximum absolute atomic E-state index is 13.2. The first kappa shape index (κ1) is 19.4. The summed E-state index contributed by atoms with van der Waals surface area (Å²) in [6.45, 7) is 3.83. The lowest BCUT2D eigenvalue weighted by atomic mass is 10.1. The molecule has 0 aromatic heterocycles. The van der Waals surface area contributed by atoms with Crippen LogP contribution in [0.25, 0.3) is 0 Å². The highest BCUT2D eigenvalue weighted by Crippen LogP contribution is 2.34. The molecule has 4 rings (SSSR count). The van der Waals surface area contributed by atoms with Crippen molar-refractivity contribution in [3.63, 3.8) is 0 Å². The number of carbonyl (C=O) groups is 2. The Morgan fingerprint density at radius 3 is 2.62 bits per heavy atom. The number of amides is 2. The van der Waals surface area contributed by atoms with E-state index in [4.69, 9.17) is 4.99 Å². The maximum atomic E-state index is 13.2. The van der Waals surface area contributed by atoms with Crippen LogP contribution < -0.4 is 5.32 Å².